The van der Waals surface area contributed by atoms with Crippen molar-refractivity contribution in [3.05, 3.63) is 45.7 Å². The smallest absolute Gasteiger partial charge is 0.0263 e. The van der Waals surface area contributed by atoms with Crippen LogP contribution in [0.3, 0.4) is 0 Å². The molecule has 4 fully saturated rings. The first-order valence-electron chi connectivity index (χ1n) is 16.2. The number of rotatable bonds is 8. The van der Waals surface area contributed by atoms with Crippen LogP contribution in [0.25, 0.3) is 10.3 Å². The zero-order valence-electron chi connectivity index (χ0n) is 24.2. The Morgan fingerprint density at radius 2 is 0.795 bits per heavy atom. The minimum absolute atomic E-state index is 0.556. The van der Waals surface area contributed by atoms with Gasteiger partial charge in [0.05, 0.1) is 0 Å². The first-order chi connectivity index (χ1) is 19.0. The average molecular weight is 646 g/mol. The van der Waals surface area contributed by atoms with Crippen molar-refractivity contribution in [3.8, 4) is 0 Å². The van der Waals surface area contributed by atoms with Crippen molar-refractivity contribution in [1.82, 2.24) is 0 Å². The first kappa shape index (κ1) is 32.9. The summed E-state index contributed by atoms with van der Waals surface area (Å²) in [6, 6.07) is 9.30. The zero-order chi connectivity index (χ0) is 27.6. The molecule has 4 aliphatic rings. The van der Waals surface area contributed by atoms with Gasteiger partial charge in [-0.1, -0.05) is 101 Å². The van der Waals surface area contributed by atoms with Crippen molar-refractivity contribution in [1.29, 1.82) is 0 Å². The summed E-state index contributed by atoms with van der Waals surface area (Å²) in [6.07, 6.45) is 27.9. The van der Waals surface area contributed by atoms with Gasteiger partial charge in [0.15, 0.2) is 0 Å². The predicted molar refractivity (Wildman–Crippen MR) is 174 cm³/mol. The quantitative estimate of drug-likeness (QED) is 0.200. The van der Waals surface area contributed by atoms with Crippen LogP contribution in [0.4, 0.5) is 0 Å². The maximum atomic E-state index is 12.5. The maximum absolute atomic E-state index is 12.5. The van der Waals surface area contributed by atoms with Gasteiger partial charge in [0.25, 0.3) is 0 Å². The summed E-state index contributed by atoms with van der Waals surface area (Å²) < 4.78 is 0. The normalized spacial score (nSPS) is 23.1. The van der Waals surface area contributed by atoms with Gasteiger partial charge in [-0.2, -0.15) is 0 Å². The molecule has 0 radical (unpaired) electrons. The Kier molecular flexibility index (Phi) is 14.1. The van der Waals surface area contributed by atoms with E-state index in [4.69, 9.17) is 18.6 Å². The van der Waals surface area contributed by atoms with E-state index in [2.05, 4.69) is 24.3 Å². The Balaban J connectivity index is 0.00000112. The first-order valence-corrected chi connectivity index (χ1v) is 24.7. The van der Waals surface area contributed by atoms with Crippen LogP contribution < -0.4 is 0 Å². The van der Waals surface area contributed by atoms with Gasteiger partial charge in [-0.05, 0) is 97.5 Å². The number of hydrogen-bond acceptors (Lipinski definition) is 0. The molecule has 1 aromatic rings. The molecule has 0 atom stereocenters. The second-order valence-electron chi connectivity index (χ2n) is 13.1. The molecule has 0 unspecified atom stereocenters. The minimum Gasteiger partial charge on any atom is -0.807 e. The van der Waals surface area contributed by atoms with Crippen molar-refractivity contribution < 1.29 is 17.0 Å². The summed E-state index contributed by atoms with van der Waals surface area (Å²) in [7, 11) is 5.74. The molecular formula is C32H52Cl2N2P2Ti-2. The Bertz CT molecular complexity index is 834. The van der Waals surface area contributed by atoms with Crippen LogP contribution in [0.15, 0.2) is 24.3 Å². The van der Waals surface area contributed by atoms with Crippen molar-refractivity contribution in [2.24, 2.45) is 0 Å². The molecule has 4 aliphatic carbocycles. The second kappa shape index (κ2) is 16.7. The van der Waals surface area contributed by atoms with Gasteiger partial charge in [-0.25, -0.2) is 14.1 Å². The molecule has 0 N–H and O–H groups in total. The molecular weight excluding hydrogens is 593 g/mol. The van der Waals surface area contributed by atoms with Crippen LogP contribution in [0, 0.1) is 0 Å². The molecule has 5 rings (SSSR count). The molecule has 1 aromatic carbocycles. The maximum Gasteiger partial charge on any atom is -0.0263 e. The molecule has 7 heteroatoms. The molecule has 2 nitrogen and oxygen atoms in total. The van der Waals surface area contributed by atoms with E-state index in [0.717, 1.165) is 12.3 Å². The third-order valence-electron chi connectivity index (χ3n) is 10.7. The fourth-order valence-corrected chi connectivity index (χ4v) is 17.5. The largest absolute Gasteiger partial charge is 0.807 e. The summed E-state index contributed by atoms with van der Waals surface area (Å²) in [4.78, 5) is 0. The molecule has 220 valence electrons. The van der Waals surface area contributed by atoms with Gasteiger partial charge >= 0.3 is 35.6 Å². The number of nitrogens with zero attached hydrogens (tertiary/aromatic N) is 2. The SMILES string of the molecule is [Cl][Ti][Cl].[N-]=P(Cc1cccc(CP(=[N-])(C2CCCCC2)C2CCCCC2)c1)(C1CCCCC1)C1CCCCC1. The Morgan fingerprint density at radius 1 is 0.538 bits per heavy atom. The van der Waals surface area contributed by atoms with E-state index in [1.807, 2.05) is 0 Å². The Labute approximate surface area is 257 Å². The average Bonchev–Trinajstić information content (AvgIpc) is 2.99. The molecule has 0 amide bonds. The van der Waals surface area contributed by atoms with Crippen LogP contribution in [-0.4, -0.2) is 22.6 Å². The third kappa shape index (κ3) is 8.99. The van der Waals surface area contributed by atoms with E-state index in [0.29, 0.717) is 22.6 Å². The molecule has 39 heavy (non-hydrogen) atoms. The number of hydrogen-bond donors (Lipinski definition) is 0. The van der Waals surface area contributed by atoms with E-state index < -0.39 is 31.1 Å². The van der Waals surface area contributed by atoms with Crippen LogP contribution >= 0.6 is 32.7 Å². The van der Waals surface area contributed by atoms with E-state index in [9.17, 15) is 10.3 Å². The summed E-state index contributed by atoms with van der Waals surface area (Å²) in [5.41, 5.74) is 5.05. The molecule has 4 saturated carbocycles. The summed E-state index contributed by atoms with van der Waals surface area (Å²) in [6.45, 7) is 0. The molecule has 0 aliphatic heterocycles. The standard InChI is InChI=1S/C32H52N2P2.2ClH.Ti/c33-35(29-16-5-1-6-17-29,30-18-7-2-8-19-30)25-27-14-13-15-28(24-27)26-36(34,31-20-9-3-10-21-31)32-22-11-4-12-23-32;;;/h13-15,24,29-32H,1-12,16-23,25-26H2;2*1H;/q-2;;;+2/p-2. The second-order valence-corrected chi connectivity index (χ2v) is 22.8. The molecule has 0 heterocycles. The predicted octanol–water partition coefficient (Wildman–Crippen LogP) is 12.9. The topological polar surface area (TPSA) is 44.6 Å². The van der Waals surface area contributed by atoms with Crippen LogP contribution in [0.2, 0.25) is 0 Å². The van der Waals surface area contributed by atoms with E-state index in [1.54, 1.807) is 0 Å². The fraction of sp³-hybridized carbons (Fsp3) is 0.812. The van der Waals surface area contributed by atoms with Crippen molar-refractivity contribution in [2.75, 3.05) is 0 Å². The molecule has 0 saturated heterocycles. The Morgan fingerprint density at radius 3 is 1.05 bits per heavy atom. The van der Waals surface area contributed by atoms with Crippen molar-refractivity contribution in [3.63, 3.8) is 0 Å². The minimum atomic E-state index is -2.02. The summed E-state index contributed by atoms with van der Waals surface area (Å²) >= 11 is -0.556. The molecule has 0 bridgehead atoms. The van der Waals surface area contributed by atoms with Crippen molar-refractivity contribution in [2.45, 2.75) is 163 Å². The molecule has 0 aromatic heterocycles. The van der Waals surface area contributed by atoms with Crippen LogP contribution in [0.1, 0.15) is 140 Å². The number of halogens is 2. The Hall–Kier alpha value is 0.974. The monoisotopic (exact) mass is 644 g/mol. The van der Waals surface area contributed by atoms with Gasteiger partial charge in [0, 0.05) is 0 Å². The van der Waals surface area contributed by atoms with E-state index in [-0.39, 0.29) is 0 Å². The van der Waals surface area contributed by atoms with E-state index in [1.165, 1.54) is 140 Å². The van der Waals surface area contributed by atoms with Crippen molar-refractivity contribution >= 4 is 32.7 Å². The van der Waals surface area contributed by atoms with Gasteiger partial charge in [0.1, 0.15) is 0 Å². The van der Waals surface area contributed by atoms with Gasteiger partial charge < -0.3 is 10.3 Å². The summed E-state index contributed by atoms with van der Waals surface area (Å²) in [5, 5.41) is 25.0. The van der Waals surface area contributed by atoms with Crippen LogP contribution in [0.5, 0.6) is 0 Å². The van der Waals surface area contributed by atoms with Gasteiger partial charge in [0.2, 0.25) is 0 Å². The van der Waals surface area contributed by atoms with Gasteiger partial charge in [-0.15, -0.1) is 0 Å². The molecule has 0 spiro atoms. The fourth-order valence-electron chi connectivity index (χ4n) is 8.64. The van der Waals surface area contributed by atoms with Crippen LogP contribution in [-0.2, 0) is 29.4 Å². The van der Waals surface area contributed by atoms with E-state index >= 15 is 0 Å². The summed E-state index contributed by atoms with van der Waals surface area (Å²) in [5.74, 6) is 0. The third-order valence-corrected chi connectivity index (χ3v) is 19.6. The zero-order valence-corrected chi connectivity index (χ0v) is 29.1. The van der Waals surface area contributed by atoms with Gasteiger partial charge in [-0.3, -0.25) is 0 Å². The number of benzene rings is 1.